The van der Waals surface area contributed by atoms with E-state index in [1.54, 1.807) is 6.33 Å². The summed E-state index contributed by atoms with van der Waals surface area (Å²) in [5.41, 5.74) is 2.11. The Bertz CT molecular complexity index is 467. The van der Waals surface area contributed by atoms with Gasteiger partial charge < -0.3 is 14.6 Å². The van der Waals surface area contributed by atoms with Gasteiger partial charge in [0.1, 0.15) is 0 Å². The number of fused-ring (bicyclic) bond motifs is 1. The number of H-pyrrole nitrogens is 1. The Balaban J connectivity index is 1.62. The Morgan fingerprint density at radius 1 is 1.60 bits per heavy atom. The Kier molecular flexibility index (Phi) is 4.03. The molecule has 0 aromatic carbocycles. The number of ether oxygens (including phenoxy) is 1. The van der Waals surface area contributed by atoms with Crippen molar-refractivity contribution in [2.75, 3.05) is 26.3 Å². The van der Waals surface area contributed by atoms with Crippen LogP contribution in [0.15, 0.2) is 6.33 Å². The van der Waals surface area contributed by atoms with E-state index in [-0.39, 0.29) is 11.9 Å². The van der Waals surface area contributed by atoms with Gasteiger partial charge in [-0.2, -0.15) is 0 Å². The average molecular weight is 278 g/mol. The van der Waals surface area contributed by atoms with Gasteiger partial charge in [-0.3, -0.25) is 10.1 Å². The van der Waals surface area contributed by atoms with Crippen LogP contribution in [0.25, 0.3) is 0 Å². The number of hydrogen-bond acceptors (Lipinski definition) is 4. The number of aromatic amines is 1. The first-order valence-electron chi connectivity index (χ1n) is 7.39. The summed E-state index contributed by atoms with van der Waals surface area (Å²) in [4.78, 5) is 22.0. The zero-order chi connectivity index (χ0) is 13.9. The molecule has 20 heavy (non-hydrogen) atoms. The van der Waals surface area contributed by atoms with E-state index in [9.17, 15) is 4.79 Å². The highest BCUT2D eigenvalue weighted by Crippen LogP contribution is 2.17. The third-order valence-electron chi connectivity index (χ3n) is 4.22. The van der Waals surface area contributed by atoms with E-state index in [0.29, 0.717) is 18.9 Å². The molecular weight excluding hydrogens is 256 g/mol. The van der Waals surface area contributed by atoms with Crippen molar-refractivity contribution in [1.82, 2.24) is 20.2 Å². The number of aromatic nitrogens is 2. The van der Waals surface area contributed by atoms with E-state index in [1.165, 1.54) is 0 Å². The molecule has 0 spiro atoms. The summed E-state index contributed by atoms with van der Waals surface area (Å²) in [7, 11) is 0. The van der Waals surface area contributed by atoms with Gasteiger partial charge in [0.2, 0.25) is 5.91 Å². The lowest BCUT2D eigenvalue weighted by molar-refractivity contribution is -0.134. The van der Waals surface area contributed by atoms with Crippen molar-refractivity contribution in [2.24, 2.45) is 5.92 Å². The van der Waals surface area contributed by atoms with E-state index in [1.807, 2.05) is 11.8 Å². The van der Waals surface area contributed by atoms with Crippen LogP contribution >= 0.6 is 0 Å². The molecule has 2 unspecified atom stereocenters. The minimum Gasteiger partial charge on any atom is -0.381 e. The van der Waals surface area contributed by atoms with Gasteiger partial charge in [-0.05, 0) is 13.3 Å². The van der Waals surface area contributed by atoms with Gasteiger partial charge in [0.25, 0.3) is 0 Å². The number of likely N-dealkylation sites (N-methyl/N-ethyl adjacent to an activating group) is 1. The van der Waals surface area contributed by atoms with Crippen molar-refractivity contribution >= 4 is 5.91 Å². The molecule has 2 aliphatic heterocycles. The quantitative estimate of drug-likeness (QED) is 0.831. The van der Waals surface area contributed by atoms with Crippen LogP contribution in [0.3, 0.4) is 0 Å². The van der Waals surface area contributed by atoms with E-state index < -0.39 is 0 Å². The number of nitrogens with zero attached hydrogens (tertiary/aromatic N) is 2. The summed E-state index contributed by atoms with van der Waals surface area (Å²) in [6.07, 6.45) is 3.44. The Hall–Kier alpha value is -1.40. The lowest BCUT2D eigenvalue weighted by Crippen LogP contribution is -2.50. The highest BCUT2D eigenvalue weighted by molar-refractivity contribution is 5.82. The van der Waals surface area contributed by atoms with Crippen LogP contribution in [-0.2, 0) is 22.5 Å². The molecule has 3 heterocycles. The average Bonchev–Trinajstić information content (AvgIpc) is 3.14. The van der Waals surface area contributed by atoms with E-state index in [4.69, 9.17) is 4.74 Å². The van der Waals surface area contributed by atoms with E-state index in [2.05, 4.69) is 15.3 Å². The highest BCUT2D eigenvalue weighted by Gasteiger charge is 2.30. The second-order valence-electron chi connectivity index (χ2n) is 5.57. The molecule has 0 saturated carbocycles. The molecule has 6 nitrogen and oxygen atoms in total. The van der Waals surface area contributed by atoms with Crippen LogP contribution < -0.4 is 5.32 Å². The highest BCUT2D eigenvalue weighted by atomic mass is 16.5. The van der Waals surface area contributed by atoms with Crippen LogP contribution in [0.2, 0.25) is 0 Å². The van der Waals surface area contributed by atoms with Gasteiger partial charge in [0.15, 0.2) is 0 Å². The first kappa shape index (κ1) is 13.6. The van der Waals surface area contributed by atoms with Crippen molar-refractivity contribution in [3.8, 4) is 0 Å². The number of carbonyl (C=O) groups is 1. The molecule has 0 radical (unpaired) electrons. The number of imidazole rings is 1. The second kappa shape index (κ2) is 5.93. The number of hydrogen-bond donors (Lipinski definition) is 2. The predicted octanol–water partition coefficient (Wildman–Crippen LogP) is 0.309. The van der Waals surface area contributed by atoms with Crippen LogP contribution in [0.4, 0.5) is 0 Å². The number of nitrogens with one attached hydrogen (secondary N) is 2. The molecule has 6 heteroatoms. The summed E-state index contributed by atoms with van der Waals surface area (Å²) in [6, 6.07) is -0.145. The van der Waals surface area contributed by atoms with Crippen molar-refractivity contribution in [3.63, 3.8) is 0 Å². The maximum atomic E-state index is 12.6. The molecule has 2 N–H and O–H groups in total. The summed E-state index contributed by atoms with van der Waals surface area (Å²) >= 11 is 0. The lowest BCUT2D eigenvalue weighted by Gasteiger charge is -2.30. The summed E-state index contributed by atoms with van der Waals surface area (Å²) in [5.74, 6) is 0.677. The van der Waals surface area contributed by atoms with Gasteiger partial charge in [-0.25, -0.2) is 4.98 Å². The van der Waals surface area contributed by atoms with Gasteiger partial charge in [0, 0.05) is 38.6 Å². The third-order valence-corrected chi connectivity index (χ3v) is 4.22. The molecule has 2 aliphatic rings. The lowest BCUT2D eigenvalue weighted by atomic mass is 10.0. The summed E-state index contributed by atoms with van der Waals surface area (Å²) < 4.78 is 5.40. The topological polar surface area (TPSA) is 70.2 Å². The first-order valence-corrected chi connectivity index (χ1v) is 7.39. The van der Waals surface area contributed by atoms with E-state index in [0.717, 1.165) is 44.1 Å². The second-order valence-corrected chi connectivity index (χ2v) is 5.57. The normalized spacial score (nSPS) is 25.4. The van der Waals surface area contributed by atoms with Crippen molar-refractivity contribution in [2.45, 2.75) is 32.4 Å². The molecule has 1 saturated heterocycles. The van der Waals surface area contributed by atoms with Crippen LogP contribution in [0, 0.1) is 5.92 Å². The minimum atomic E-state index is -0.145. The van der Waals surface area contributed by atoms with Crippen LogP contribution in [0.1, 0.15) is 24.7 Å². The predicted molar refractivity (Wildman–Crippen MR) is 74.1 cm³/mol. The molecule has 1 fully saturated rings. The van der Waals surface area contributed by atoms with E-state index >= 15 is 0 Å². The monoisotopic (exact) mass is 278 g/mol. The number of rotatable bonds is 4. The maximum absolute atomic E-state index is 12.6. The smallest absolute Gasteiger partial charge is 0.240 e. The molecule has 0 bridgehead atoms. The number of amides is 1. The first-order chi connectivity index (χ1) is 9.78. The van der Waals surface area contributed by atoms with Crippen LogP contribution in [-0.4, -0.2) is 53.1 Å². The fourth-order valence-electron chi connectivity index (χ4n) is 2.98. The zero-order valence-corrected chi connectivity index (χ0v) is 11.9. The molecule has 0 aliphatic carbocycles. The largest absolute Gasteiger partial charge is 0.381 e. The Morgan fingerprint density at radius 2 is 2.50 bits per heavy atom. The molecule has 1 amide bonds. The van der Waals surface area contributed by atoms with Gasteiger partial charge in [0.05, 0.1) is 30.4 Å². The third kappa shape index (κ3) is 2.71. The van der Waals surface area contributed by atoms with Crippen molar-refractivity contribution < 1.29 is 9.53 Å². The van der Waals surface area contributed by atoms with Gasteiger partial charge in [-0.15, -0.1) is 0 Å². The fraction of sp³-hybridized carbons (Fsp3) is 0.714. The SMILES string of the molecule is CCN(CC1CCOC1)C(=O)C1Cc2nc[nH]c2CN1. The number of carbonyl (C=O) groups excluding carboxylic acids is 1. The maximum Gasteiger partial charge on any atom is 0.240 e. The van der Waals surface area contributed by atoms with Crippen molar-refractivity contribution in [3.05, 3.63) is 17.7 Å². The molecule has 1 aromatic rings. The fourth-order valence-corrected chi connectivity index (χ4v) is 2.98. The van der Waals surface area contributed by atoms with Crippen LogP contribution in [0.5, 0.6) is 0 Å². The molecular formula is C14H22N4O2. The Labute approximate surface area is 118 Å². The Morgan fingerprint density at radius 3 is 3.25 bits per heavy atom. The zero-order valence-electron chi connectivity index (χ0n) is 11.9. The molecule has 3 rings (SSSR count). The van der Waals surface area contributed by atoms with Crippen molar-refractivity contribution in [1.29, 1.82) is 0 Å². The molecule has 2 atom stereocenters. The van der Waals surface area contributed by atoms with Gasteiger partial charge in [-0.1, -0.05) is 0 Å². The minimum absolute atomic E-state index is 0.145. The molecule has 110 valence electrons. The standard InChI is InChI=1S/C14H22N4O2/c1-2-18(7-10-3-4-20-8-10)14(19)12-5-11-13(6-15-12)17-9-16-11/h9-10,12,15H,2-8H2,1H3,(H,16,17). The van der Waals surface area contributed by atoms with Gasteiger partial charge >= 0.3 is 0 Å². The summed E-state index contributed by atoms with van der Waals surface area (Å²) in [6.45, 7) is 5.90. The summed E-state index contributed by atoms with van der Waals surface area (Å²) in [5, 5.41) is 3.31. The molecule has 1 aromatic heterocycles.